The maximum absolute atomic E-state index is 12.9. The minimum atomic E-state index is -0.321. The minimum Gasteiger partial charge on any atom is -0.342 e. The van der Waals surface area contributed by atoms with Crippen LogP contribution >= 0.6 is 0 Å². The molecular weight excluding hydrogens is 207 g/mol. The summed E-state index contributed by atoms with van der Waals surface area (Å²) in [5, 5.41) is 0. The highest BCUT2D eigenvalue weighted by molar-refractivity contribution is 5.95. The van der Waals surface area contributed by atoms with Gasteiger partial charge in [0.15, 0.2) is 0 Å². The van der Waals surface area contributed by atoms with Gasteiger partial charge in [0.05, 0.1) is 0 Å². The molecule has 0 aliphatic heterocycles. The topological polar surface area (TPSA) is 46.3 Å². The Hall–Kier alpha value is -1.42. The van der Waals surface area contributed by atoms with Crippen LogP contribution in [-0.4, -0.2) is 30.9 Å². The molecule has 1 rings (SSSR count). The monoisotopic (exact) mass is 224 g/mol. The van der Waals surface area contributed by atoms with Crippen molar-refractivity contribution < 1.29 is 9.18 Å². The van der Waals surface area contributed by atoms with Crippen LogP contribution in [-0.2, 0) is 0 Å². The smallest absolute Gasteiger partial charge is 0.253 e. The number of carbonyl (C=O) groups is 1. The van der Waals surface area contributed by atoms with E-state index in [-0.39, 0.29) is 11.7 Å². The number of amides is 1. The van der Waals surface area contributed by atoms with Crippen molar-refractivity contribution in [2.24, 2.45) is 5.73 Å². The van der Waals surface area contributed by atoms with E-state index < -0.39 is 0 Å². The van der Waals surface area contributed by atoms with Gasteiger partial charge in [0.2, 0.25) is 0 Å². The Morgan fingerprint density at radius 2 is 2.19 bits per heavy atom. The maximum atomic E-state index is 12.9. The summed E-state index contributed by atoms with van der Waals surface area (Å²) in [6, 6.07) is 4.19. The summed E-state index contributed by atoms with van der Waals surface area (Å²) in [5.41, 5.74) is 6.58. The van der Waals surface area contributed by atoms with Crippen LogP contribution in [0, 0.1) is 12.7 Å². The highest BCUT2D eigenvalue weighted by atomic mass is 19.1. The fraction of sp³-hybridized carbons (Fsp3) is 0.417. The predicted octanol–water partition coefficient (Wildman–Crippen LogP) is 1.55. The summed E-state index contributed by atoms with van der Waals surface area (Å²) in [6.07, 6.45) is 0.766. The van der Waals surface area contributed by atoms with Gasteiger partial charge in [-0.05, 0) is 43.7 Å². The lowest BCUT2D eigenvalue weighted by Gasteiger charge is -2.17. The molecule has 16 heavy (non-hydrogen) atoms. The first-order chi connectivity index (χ1) is 7.56. The molecule has 0 spiro atoms. The summed E-state index contributed by atoms with van der Waals surface area (Å²) in [5.74, 6) is -0.412. The standard InChI is InChI=1S/C12H17FN2O/c1-9-8-10(13)4-5-11(9)12(16)15(2)7-3-6-14/h4-5,8H,3,6-7,14H2,1-2H3. The Morgan fingerprint density at radius 1 is 1.50 bits per heavy atom. The zero-order valence-electron chi connectivity index (χ0n) is 9.66. The molecule has 1 aromatic rings. The Labute approximate surface area is 95.0 Å². The number of benzene rings is 1. The van der Waals surface area contributed by atoms with Crippen LogP contribution in [0.25, 0.3) is 0 Å². The van der Waals surface area contributed by atoms with Gasteiger partial charge in [-0.25, -0.2) is 4.39 Å². The molecule has 88 valence electrons. The van der Waals surface area contributed by atoms with Gasteiger partial charge in [-0.1, -0.05) is 0 Å². The van der Waals surface area contributed by atoms with Gasteiger partial charge in [0, 0.05) is 19.2 Å². The highest BCUT2D eigenvalue weighted by Crippen LogP contribution is 2.12. The maximum Gasteiger partial charge on any atom is 0.253 e. The van der Waals surface area contributed by atoms with Crippen LogP contribution in [0.5, 0.6) is 0 Å². The average Bonchev–Trinajstić information content (AvgIpc) is 2.25. The number of hydrogen-bond donors (Lipinski definition) is 1. The lowest BCUT2D eigenvalue weighted by atomic mass is 10.1. The SMILES string of the molecule is Cc1cc(F)ccc1C(=O)N(C)CCCN. The molecule has 0 fully saturated rings. The first-order valence-electron chi connectivity index (χ1n) is 5.28. The second-order valence-electron chi connectivity index (χ2n) is 3.83. The molecule has 0 radical (unpaired) electrons. The molecule has 0 bridgehead atoms. The van der Waals surface area contributed by atoms with Crippen LogP contribution in [0.15, 0.2) is 18.2 Å². The molecule has 1 aromatic carbocycles. The van der Waals surface area contributed by atoms with Crippen LogP contribution < -0.4 is 5.73 Å². The normalized spacial score (nSPS) is 10.2. The van der Waals surface area contributed by atoms with Gasteiger partial charge in [0.1, 0.15) is 5.82 Å². The van der Waals surface area contributed by atoms with Crippen molar-refractivity contribution >= 4 is 5.91 Å². The second kappa shape index (κ2) is 5.61. The Bertz CT molecular complexity index is 379. The van der Waals surface area contributed by atoms with Crippen molar-refractivity contribution in [3.63, 3.8) is 0 Å². The average molecular weight is 224 g/mol. The van der Waals surface area contributed by atoms with E-state index in [1.807, 2.05) is 0 Å². The number of nitrogens with two attached hydrogens (primary N) is 1. The first kappa shape index (κ1) is 12.6. The summed E-state index contributed by atoms with van der Waals surface area (Å²) >= 11 is 0. The lowest BCUT2D eigenvalue weighted by Crippen LogP contribution is -2.29. The Morgan fingerprint density at radius 3 is 2.75 bits per heavy atom. The fourth-order valence-corrected chi connectivity index (χ4v) is 1.50. The summed E-state index contributed by atoms with van der Waals surface area (Å²) < 4.78 is 12.9. The molecule has 3 nitrogen and oxygen atoms in total. The number of hydrogen-bond acceptors (Lipinski definition) is 2. The number of carbonyl (C=O) groups excluding carboxylic acids is 1. The highest BCUT2D eigenvalue weighted by Gasteiger charge is 2.13. The number of nitrogens with zero attached hydrogens (tertiary/aromatic N) is 1. The molecule has 0 aromatic heterocycles. The van der Waals surface area contributed by atoms with Gasteiger partial charge in [0.25, 0.3) is 5.91 Å². The summed E-state index contributed by atoms with van der Waals surface area (Å²) in [4.78, 5) is 13.5. The van der Waals surface area contributed by atoms with E-state index in [1.54, 1.807) is 18.9 Å². The Kier molecular flexibility index (Phi) is 4.43. The predicted molar refractivity (Wildman–Crippen MR) is 61.8 cm³/mol. The summed E-state index contributed by atoms with van der Waals surface area (Å²) in [7, 11) is 1.72. The minimum absolute atomic E-state index is 0.0917. The fourth-order valence-electron chi connectivity index (χ4n) is 1.50. The van der Waals surface area contributed by atoms with Gasteiger partial charge in [-0.3, -0.25) is 4.79 Å². The van der Waals surface area contributed by atoms with E-state index in [0.717, 1.165) is 6.42 Å². The Balaban J connectivity index is 2.79. The van der Waals surface area contributed by atoms with Gasteiger partial charge >= 0.3 is 0 Å². The zero-order valence-corrected chi connectivity index (χ0v) is 9.66. The molecule has 1 amide bonds. The third-order valence-corrected chi connectivity index (χ3v) is 2.46. The number of halogens is 1. The quantitative estimate of drug-likeness (QED) is 0.843. The van der Waals surface area contributed by atoms with E-state index in [1.165, 1.54) is 18.2 Å². The molecule has 0 saturated heterocycles. The van der Waals surface area contributed by atoms with Crippen LogP contribution in [0.2, 0.25) is 0 Å². The third kappa shape index (κ3) is 3.03. The molecule has 0 saturated carbocycles. The van der Waals surface area contributed by atoms with Gasteiger partial charge < -0.3 is 10.6 Å². The van der Waals surface area contributed by atoms with Crippen molar-refractivity contribution in [1.29, 1.82) is 0 Å². The molecular formula is C12H17FN2O. The lowest BCUT2D eigenvalue weighted by molar-refractivity contribution is 0.0793. The van der Waals surface area contributed by atoms with E-state index in [0.29, 0.717) is 24.2 Å². The zero-order chi connectivity index (χ0) is 12.1. The molecule has 0 unspecified atom stereocenters. The molecule has 0 atom stereocenters. The van der Waals surface area contributed by atoms with Crippen molar-refractivity contribution in [3.8, 4) is 0 Å². The number of rotatable bonds is 4. The van der Waals surface area contributed by atoms with Crippen LogP contribution in [0.4, 0.5) is 4.39 Å². The van der Waals surface area contributed by atoms with Crippen LogP contribution in [0.1, 0.15) is 22.3 Å². The largest absolute Gasteiger partial charge is 0.342 e. The van der Waals surface area contributed by atoms with Gasteiger partial charge in [-0.2, -0.15) is 0 Å². The number of aryl methyl sites for hydroxylation is 1. The molecule has 2 N–H and O–H groups in total. The molecule has 4 heteroatoms. The van der Waals surface area contributed by atoms with Gasteiger partial charge in [-0.15, -0.1) is 0 Å². The van der Waals surface area contributed by atoms with E-state index in [2.05, 4.69) is 0 Å². The second-order valence-corrected chi connectivity index (χ2v) is 3.83. The summed E-state index contributed by atoms with van der Waals surface area (Å²) in [6.45, 7) is 2.90. The van der Waals surface area contributed by atoms with E-state index in [9.17, 15) is 9.18 Å². The van der Waals surface area contributed by atoms with Crippen molar-refractivity contribution in [1.82, 2.24) is 4.90 Å². The molecule has 0 aliphatic carbocycles. The van der Waals surface area contributed by atoms with Crippen molar-refractivity contribution in [3.05, 3.63) is 35.1 Å². The van der Waals surface area contributed by atoms with Crippen molar-refractivity contribution in [2.75, 3.05) is 20.1 Å². The third-order valence-electron chi connectivity index (χ3n) is 2.46. The first-order valence-corrected chi connectivity index (χ1v) is 5.28. The molecule has 0 heterocycles. The van der Waals surface area contributed by atoms with Crippen LogP contribution in [0.3, 0.4) is 0 Å². The van der Waals surface area contributed by atoms with E-state index >= 15 is 0 Å². The van der Waals surface area contributed by atoms with Crippen molar-refractivity contribution in [2.45, 2.75) is 13.3 Å². The molecule has 0 aliphatic rings. The van der Waals surface area contributed by atoms with E-state index in [4.69, 9.17) is 5.73 Å².